The first-order chi connectivity index (χ1) is 19.4. The van der Waals surface area contributed by atoms with Gasteiger partial charge >= 0.3 is 11.9 Å². The molecule has 12 N–H and O–H groups in total. The number of guanidine groups is 1. The molecule has 3 amide bonds. The van der Waals surface area contributed by atoms with Gasteiger partial charge in [-0.1, -0.05) is 18.2 Å². The summed E-state index contributed by atoms with van der Waals surface area (Å²) in [6.45, 7) is 0.121. The number of carboxylic acids is 2. The van der Waals surface area contributed by atoms with Gasteiger partial charge in [-0.15, -0.1) is 0 Å². The van der Waals surface area contributed by atoms with E-state index in [0.29, 0.717) is 5.56 Å². The molecule has 0 bridgehead atoms. The van der Waals surface area contributed by atoms with Crippen LogP contribution in [0, 0.1) is 0 Å². The SMILES string of the molecule is NC(N)=NCCCC(NC(=O)C(CCC(=O)O)NC(=O)C(N)CS)C(=O)NC(Cc1c[nH]c2ccccc12)C(=O)O. The summed E-state index contributed by atoms with van der Waals surface area (Å²) in [5.74, 6) is -5.07. The summed E-state index contributed by atoms with van der Waals surface area (Å²) >= 11 is 3.95. The van der Waals surface area contributed by atoms with Crippen LogP contribution in [0.5, 0.6) is 0 Å². The Hall–Kier alpha value is -4.31. The lowest BCUT2D eigenvalue weighted by molar-refractivity contribution is -0.142. The van der Waals surface area contributed by atoms with Crippen LogP contribution in [0.2, 0.25) is 0 Å². The minimum Gasteiger partial charge on any atom is -0.481 e. The first kappa shape index (κ1) is 32.9. The number of thiol groups is 1. The number of aromatic amines is 1. The maximum atomic E-state index is 13.3. The number of carbonyl (C=O) groups excluding carboxylic acids is 3. The number of hydrogen-bond donors (Lipinski definition) is 10. The van der Waals surface area contributed by atoms with Crippen molar-refractivity contribution in [3.8, 4) is 0 Å². The van der Waals surface area contributed by atoms with Gasteiger partial charge in [0, 0.05) is 42.2 Å². The number of H-pyrrole nitrogens is 1. The molecule has 15 nitrogen and oxygen atoms in total. The van der Waals surface area contributed by atoms with Crippen molar-refractivity contribution >= 4 is 59.2 Å². The summed E-state index contributed by atoms with van der Waals surface area (Å²) in [6.07, 6.45) is 1.11. The number of aromatic nitrogens is 1. The van der Waals surface area contributed by atoms with E-state index in [1.54, 1.807) is 12.3 Å². The van der Waals surface area contributed by atoms with Crippen LogP contribution in [0.1, 0.15) is 31.2 Å². The van der Waals surface area contributed by atoms with Gasteiger partial charge in [0.05, 0.1) is 6.04 Å². The van der Waals surface area contributed by atoms with Gasteiger partial charge in [-0.05, 0) is 30.9 Å². The monoisotopic (exact) mass is 592 g/mol. The number of carbonyl (C=O) groups is 5. The van der Waals surface area contributed by atoms with Crippen molar-refractivity contribution in [1.29, 1.82) is 0 Å². The zero-order chi connectivity index (χ0) is 30.5. The minimum absolute atomic E-state index is 0.00350. The lowest BCUT2D eigenvalue weighted by Crippen LogP contribution is -2.57. The Bertz CT molecular complexity index is 1260. The normalized spacial score (nSPS) is 13.8. The van der Waals surface area contributed by atoms with Crippen LogP contribution < -0.4 is 33.2 Å². The van der Waals surface area contributed by atoms with E-state index in [-0.39, 0.29) is 43.9 Å². The number of rotatable bonds is 17. The second-order valence-corrected chi connectivity index (χ2v) is 9.62. The number of para-hydroxylation sites is 1. The molecule has 0 aliphatic heterocycles. The maximum absolute atomic E-state index is 13.3. The Kier molecular flexibility index (Phi) is 12.9. The van der Waals surface area contributed by atoms with E-state index in [2.05, 4.69) is 38.6 Å². The summed E-state index contributed by atoms with van der Waals surface area (Å²) in [6, 6.07) is 2.29. The third-order valence-corrected chi connectivity index (χ3v) is 6.50. The van der Waals surface area contributed by atoms with Crippen LogP contribution in [0.25, 0.3) is 10.9 Å². The van der Waals surface area contributed by atoms with E-state index >= 15 is 0 Å². The second kappa shape index (κ2) is 16.1. The molecule has 2 aromatic rings. The number of nitrogens with two attached hydrogens (primary N) is 3. The van der Waals surface area contributed by atoms with Gasteiger partial charge in [0.1, 0.15) is 18.1 Å². The highest BCUT2D eigenvalue weighted by Crippen LogP contribution is 2.19. The number of nitrogens with zero attached hydrogens (tertiary/aromatic N) is 1. The number of fused-ring (bicyclic) bond motifs is 1. The smallest absolute Gasteiger partial charge is 0.326 e. The summed E-state index contributed by atoms with van der Waals surface area (Å²) < 4.78 is 0. The van der Waals surface area contributed by atoms with Gasteiger partial charge in [0.15, 0.2) is 5.96 Å². The van der Waals surface area contributed by atoms with Gasteiger partial charge in [0.25, 0.3) is 0 Å². The van der Waals surface area contributed by atoms with E-state index < -0.39 is 60.2 Å². The predicted molar refractivity (Wildman–Crippen MR) is 154 cm³/mol. The van der Waals surface area contributed by atoms with Crippen LogP contribution in [0.4, 0.5) is 0 Å². The molecule has 0 saturated carbocycles. The van der Waals surface area contributed by atoms with E-state index in [1.807, 2.05) is 18.2 Å². The molecule has 0 spiro atoms. The summed E-state index contributed by atoms with van der Waals surface area (Å²) in [5.41, 5.74) is 17.8. The van der Waals surface area contributed by atoms with Crippen LogP contribution in [0.15, 0.2) is 35.5 Å². The third-order valence-electron chi connectivity index (χ3n) is 6.11. The van der Waals surface area contributed by atoms with E-state index in [1.165, 1.54) is 0 Å². The first-order valence-corrected chi connectivity index (χ1v) is 13.4. The number of hydrogen-bond acceptors (Lipinski definition) is 8. The van der Waals surface area contributed by atoms with Gasteiger partial charge in [-0.2, -0.15) is 12.6 Å². The van der Waals surface area contributed by atoms with Crippen molar-refractivity contribution in [1.82, 2.24) is 20.9 Å². The van der Waals surface area contributed by atoms with Crippen molar-refractivity contribution in [3.63, 3.8) is 0 Å². The molecule has 224 valence electrons. The second-order valence-electron chi connectivity index (χ2n) is 9.26. The molecule has 0 aliphatic carbocycles. The zero-order valence-electron chi connectivity index (χ0n) is 22.2. The topological polar surface area (TPSA) is 268 Å². The summed E-state index contributed by atoms with van der Waals surface area (Å²) in [5, 5.41) is 27.1. The van der Waals surface area contributed by atoms with Gasteiger partial charge in [-0.3, -0.25) is 24.2 Å². The van der Waals surface area contributed by atoms with Crippen molar-refractivity contribution in [3.05, 3.63) is 36.0 Å². The lowest BCUT2D eigenvalue weighted by atomic mass is 10.0. The number of benzene rings is 1. The largest absolute Gasteiger partial charge is 0.481 e. The lowest BCUT2D eigenvalue weighted by Gasteiger charge is -2.25. The molecule has 0 aliphatic rings. The number of aliphatic carboxylic acids is 2. The predicted octanol–water partition coefficient (Wildman–Crippen LogP) is -1.58. The van der Waals surface area contributed by atoms with Crippen molar-refractivity contribution in [2.24, 2.45) is 22.2 Å². The summed E-state index contributed by atoms with van der Waals surface area (Å²) in [4.78, 5) is 68.8. The molecule has 2 rings (SSSR count). The highest BCUT2D eigenvalue weighted by molar-refractivity contribution is 7.80. The van der Waals surface area contributed by atoms with E-state index in [9.17, 15) is 29.1 Å². The highest BCUT2D eigenvalue weighted by atomic mass is 32.1. The van der Waals surface area contributed by atoms with E-state index in [4.69, 9.17) is 22.3 Å². The van der Waals surface area contributed by atoms with Crippen molar-refractivity contribution in [2.45, 2.75) is 56.3 Å². The molecule has 0 saturated heterocycles. The fraction of sp³-hybridized carbons (Fsp3) is 0.440. The van der Waals surface area contributed by atoms with Gasteiger partial charge in [-0.25, -0.2) is 4.79 Å². The van der Waals surface area contributed by atoms with Crippen LogP contribution in [-0.4, -0.2) is 87.3 Å². The fourth-order valence-electron chi connectivity index (χ4n) is 3.94. The van der Waals surface area contributed by atoms with Crippen LogP contribution in [-0.2, 0) is 30.4 Å². The third kappa shape index (κ3) is 10.6. The number of carboxylic acid groups (broad SMARTS) is 2. The molecule has 41 heavy (non-hydrogen) atoms. The van der Waals surface area contributed by atoms with Gasteiger partial charge < -0.3 is 48.3 Å². The molecule has 4 atom stereocenters. The Labute approximate surface area is 241 Å². The standard InChI is InChI=1S/C25H36N8O7S/c26-15(12-41)21(36)31-18(7-8-20(34)35)23(38)32-17(6-3-9-29-25(27)28)22(37)33-19(24(39)40)10-13-11-30-16-5-2-1-4-14(13)16/h1-2,4-5,11,15,17-19,30,41H,3,6-10,12,26H2,(H,31,36)(H,32,38)(H,33,37)(H,34,35)(H,39,40)(H4,27,28,29). The molecule has 0 radical (unpaired) electrons. The minimum atomic E-state index is -1.34. The quantitative estimate of drug-likeness (QED) is 0.0436. The van der Waals surface area contributed by atoms with Crippen LogP contribution >= 0.6 is 12.6 Å². The van der Waals surface area contributed by atoms with Gasteiger partial charge in [0.2, 0.25) is 17.7 Å². The summed E-state index contributed by atoms with van der Waals surface area (Å²) in [7, 11) is 0. The molecule has 1 heterocycles. The average molecular weight is 593 g/mol. The average Bonchev–Trinajstić information content (AvgIpc) is 3.33. The Balaban J connectivity index is 2.23. The Morgan fingerprint density at radius 2 is 1.54 bits per heavy atom. The fourth-order valence-corrected chi connectivity index (χ4v) is 4.10. The molecule has 0 fully saturated rings. The molecule has 4 unspecified atom stereocenters. The first-order valence-electron chi connectivity index (χ1n) is 12.8. The number of aliphatic imine (C=N–C) groups is 1. The molecule has 1 aromatic heterocycles. The highest BCUT2D eigenvalue weighted by Gasteiger charge is 2.30. The maximum Gasteiger partial charge on any atom is 0.326 e. The molecular formula is C25H36N8O7S. The van der Waals surface area contributed by atoms with Crippen molar-refractivity contribution in [2.75, 3.05) is 12.3 Å². The van der Waals surface area contributed by atoms with Crippen LogP contribution in [0.3, 0.4) is 0 Å². The number of nitrogens with one attached hydrogen (secondary N) is 4. The Morgan fingerprint density at radius 3 is 2.15 bits per heavy atom. The zero-order valence-corrected chi connectivity index (χ0v) is 23.1. The van der Waals surface area contributed by atoms with E-state index in [0.717, 1.165) is 10.9 Å². The molecule has 1 aromatic carbocycles. The number of amides is 3. The Morgan fingerprint density at radius 1 is 0.927 bits per heavy atom. The molecule has 16 heteroatoms. The molecular weight excluding hydrogens is 556 g/mol. The van der Waals surface area contributed by atoms with Crippen molar-refractivity contribution < 1.29 is 34.2 Å².